The number of nitrogens with two attached hydrogens (primary N) is 2. The zero-order chi connectivity index (χ0) is 76.8. The van der Waals surface area contributed by atoms with Crippen LogP contribution in [0.25, 0.3) is 0 Å². The number of hydrogen-bond donors (Lipinski definition) is 16. The lowest BCUT2D eigenvalue weighted by molar-refractivity contribution is -0.168. The Labute approximate surface area is 592 Å². The number of aliphatic hydroxyl groups excluding tert-OH is 3. The maximum absolute atomic E-state index is 15.4. The molecule has 4 unspecified atom stereocenters. The van der Waals surface area contributed by atoms with Crippen molar-refractivity contribution in [3.8, 4) is 5.75 Å². The van der Waals surface area contributed by atoms with Gasteiger partial charge in [-0.2, -0.15) is 0 Å². The summed E-state index contributed by atoms with van der Waals surface area (Å²) in [6, 6.07) is -12.5. The summed E-state index contributed by atoms with van der Waals surface area (Å²) in [4.78, 5) is 187. The molecule has 0 spiro atoms. The summed E-state index contributed by atoms with van der Waals surface area (Å²) in [7, 11) is 3.49. The van der Waals surface area contributed by atoms with Gasteiger partial charge in [0.1, 0.15) is 78.4 Å². The van der Waals surface area contributed by atoms with E-state index in [2.05, 4.69) is 47.9 Å². The van der Waals surface area contributed by atoms with Crippen molar-refractivity contribution < 1.29 is 102 Å². The average Bonchev–Trinajstić information content (AvgIpc) is 0.792. The Morgan fingerprint density at radius 2 is 1.45 bits per heavy atom. The van der Waals surface area contributed by atoms with Crippen molar-refractivity contribution in [2.24, 2.45) is 35.1 Å². The van der Waals surface area contributed by atoms with Crippen LogP contribution in [-0.2, 0) is 76.5 Å². The van der Waals surface area contributed by atoms with E-state index >= 15 is 19.2 Å². The molecule has 2 aliphatic heterocycles. The van der Waals surface area contributed by atoms with Gasteiger partial charge in [-0.25, -0.2) is 4.79 Å². The molecule has 2 fully saturated rings. The van der Waals surface area contributed by atoms with Crippen molar-refractivity contribution in [2.75, 3.05) is 47.5 Å². The first-order valence-corrected chi connectivity index (χ1v) is 33.6. The number of benzene rings is 1. The van der Waals surface area contributed by atoms with E-state index in [-0.39, 0.29) is 36.6 Å². The Morgan fingerprint density at radius 3 is 1.99 bits per heavy atom. The van der Waals surface area contributed by atoms with Crippen LogP contribution in [0.5, 0.6) is 5.75 Å². The number of rotatable bonds is 27. The summed E-state index contributed by atoms with van der Waals surface area (Å²) in [6.07, 6.45) is -3.26. The molecule has 0 radical (unpaired) electrons. The fourth-order valence-corrected chi connectivity index (χ4v) is 11.3. The van der Waals surface area contributed by atoms with Crippen LogP contribution >= 0.6 is 11.6 Å². The second-order valence-electron chi connectivity index (χ2n) is 26.3. The Morgan fingerprint density at radius 1 is 0.842 bits per heavy atom. The van der Waals surface area contributed by atoms with Crippen LogP contribution in [0, 0.1) is 23.7 Å². The number of hydrogen-bond acceptors (Lipinski definition) is 22. The number of aromatic hydroxyl groups is 1. The van der Waals surface area contributed by atoms with E-state index in [4.69, 9.17) is 37.3 Å². The molecule has 2 aliphatic rings. The number of likely N-dealkylation sites (N-methyl/N-ethyl adjacent to an activating group) is 1. The molecule has 0 saturated carbocycles. The highest BCUT2D eigenvalue weighted by molar-refractivity contribution is 6.21. The van der Waals surface area contributed by atoms with Crippen molar-refractivity contribution in [1.29, 1.82) is 0 Å². The van der Waals surface area contributed by atoms with E-state index < -0.39 is 216 Å². The summed E-state index contributed by atoms with van der Waals surface area (Å²) >= 11 is 6.75. The maximum atomic E-state index is 15.4. The minimum atomic E-state index is -2.47. The quantitative estimate of drug-likeness (QED) is 0.0226. The number of nitrogens with zero attached hydrogens (tertiary/aromatic N) is 2. The van der Waals surface area contributed by atoms with Crippen molar-refractivity contribution in [2.45, 2.75) is 204 Å². The Kier molecular flexibility index (Phi) is 34.2. The molecule has 566 valence electrons. The molecule has 1 aromatic rings. The minimum absolute atomic E-state index is 0.0410. The Bertz CT molecular complexity index is 3150. The Hall–Kier alpha value is -8.38. The zero-order valence-electron chi connectivity index (χ0n) is 59.7. The molecule has 0 bridgehead atoms. The lowest BCUT2D eigenvalue weighted by atomic mass is 9.87. The molecule has 35 heteroatoms. The molecular formula is C66H104ClN13O21. The van der Waals surface area contributed by atoms with E-state index in [0.29, 0.717) is 0 Å². The van der Waals surface area contributed by atoms with Gasteiger partial charge in [0, 0.05) is 45.1 Å². The topological polar surface area (TPSA) is 518 Å². The van der Waals surface area contributed by atoms with E-state index in [1.165, 1.54) is 92.0 Å². The number of methoxy groups -OCH3 is 2. The number of piperidine rings is 1. The summed E-state index contributed by atoms with van der Waals surface area (Å²) in [6.45, 7) is 14.3. The molecular weight excluding hydrogens is 1350 g/mol. The van der Waals surface area contributed by atoms with Gasteiger partial charge in [-0.15, -0.1) is 11.6 Å². The number of esters is 1. The first kappa shape index (κ1) is 86.8. The highest BCUT2D eigenvalue weighted by Gasteiger charge is 2.48. The number of aliphatic hydroxyl groups is 4. The molecule has 34 nitrogen and oxygen atoms in total. The number of cyclic esters (lactones) is 1. The predicted molar refractivity (Wildman–Crippen MR) is 364 cm³/mol. The summed E-state index contributed by atoms with van der Waals surface area (Å²) in [5.41, 5.74) is 10.5. The highest BCUT2D eigenvalue weighted by Crippen LogP contribution is 2.31. The third kappa shape index (κ3) is 24.7. The third-order valence-electron chi connectivity index (χ3n) is 17.6. The molecule has 0 aliphatic carbocycles. The average molecular weight is 1450 g/mol. The Balaban J connectivity index is 2.21. The van der Waals surface area contributed by atoms with E-state index in [0.717, 1.165) is 49.8 Å². The van der Waals surface area contributed by atoms with Crippen molar-refractivity contribution in [1.82, 2.24) is 57.7 Å². The maximum Gasteiger partial charge on any atom is 0.329 e. The first-order valence-electron chi connectivity index (χ1n) is 33.1. The number of allylic oxidation sites excluding steroid dienone is 3. The normalized spacial score (nSPS) is 25.1. The van der Waals surface area contributed by atoms with E-state index in [9.17, 15) is 68.7 Å². The van der Waals surface area contributed by atoms with Crippen LogP contribution in [-0.4, -0.2) is 256 Å². The lowest BCUT2D eigenvalue weighted by Gasteiger charge is -2.41. The largest absolute Gasteiger partial charge is 0.508 e. The minimum Gasteiger partial charge on any atom is -0.508 e. The van der Waals surface area contributed by atoms with Gasteiger partial charge in [0.2, 0.25) is 65.0 Å². The smallest absolute Gasteiger partial charge is 0.329 e. The van der Waals surface area contributed by atoms with Gasteiger partial charge in [-0.1, -0.05) is 83.9 Å². The molecule has 1 aromatic carbocycles. The summed E-state index contributed by atoms with van der Waals surface area (Å²) in [5.74, 6) is -18.5. The number of phenols is 1. The predicted octanol–water partition coefficient (Wildman–Crippen LogP) is -4.09. The molecule has 3 rings (SSSR count). The van der Waals surface area contributed by atoms with Gasteiger partial charge in [-0.05, 0) is 89.8 Å². The second-order valence-corrected chi connectivity index (χ2v) is 26.9. The van der Waals surface area contributed by atoms with Crippen LogP contribution < -0.4 is 59.3 Å². The number of halogens is 1. The molecule has 18 N–H and O–H groups in total. The van der Waals surface area contributed by atoms with Gasteiger partial charge in [0.25, 0.3) is 5.91 Å². The van der Waals surface area contributed by atoms with Crippen molar-refractivity contribution in [3.63, 3.8) is 0 Å². The van der Waals surface area contributed by atoms with Crippen LogP contribution in [0.2, 0.25) is 0 Å². The monoisotopic (exact) mass is 1450 g/mol. The van der Waals surface area contributed by atoms with Crippen LogP contribution in [0.4, 0.5) is 0 Å². The van der Waals surface area contributed by atoms with E-state index in [1.54, 1.807) is 6.92 Å². The van der Waals surface area contributed by atoms with Gasteiger partial charge in [-0.3, -0.25) is 57.5 Å². The van der Waals surface area contributed by atoms with Crippen LogP contribution in [0.15, 0.2) is 48.1 Å². The number of phenolic OH excluding ortho intramolecular Hbond substituents is 1. The number of primary amides is 1. The van der Waals surface area contributed by atoms with Crippen LogP contribution in [0.1, 0.15) is 114 Å². The molecule has 20 atom stereocenters. The number of ether oxygens (including phenoxy) is 3. The summed E-state index contributed by atoms with van der Waals surface area (Å²) < 4.78 is 17.3. The van der Waals surface area contributed by atoms with Gasteiger partial charge in [0.05, 0.1) is 31.9 Å². The SMILES string of the molecule is CCC(C)/C=C(C)/C=C\C(O)C(C)(O)C(=O)NCC(=O)NC(C(=O)N[C@H](C(=O)N[C@H](C(=O)N[C@H]1C(=O)N[C@H](COC)C(=O)NCC(=O)N[C@@H](C)C(=O)N(C)[C@@H]([C@@H](C)O)C(=O)N[C@H]([C@H](OC)c2ccc(O)cc2)C(=O)N2CC[C@H](Cl)C[C@H]2C(=O)O[C@@H]1C(C)C)[C@@H](C)[C@@H](C)C(N)=O)[C@@H](C)N)[C@@H](C)O. The highest BCUT2D eigenvalue weighted by atomic mass is 35.5. The van der Waals surface area contributed by atoms with Crippen molar-refractivity contribution in [3.05, 3.63) is 53.6 Å². The van der Waals surface area contributed by atoms with Crippen molar-refractivity contribution >= 4 is 88.5 Å². The van der Waals surface area contributed by atoms with E-state index in [1.807, 2.05) is 19.9 Å². The zero-order valence-corrected chi connectivity index (χ0v) is 60.5. The summed E-state index contributed by atoms with van der Waals surface area (Å²) in [5, 5.41) is 74.3. The lowest BCUT2D eigenvalue weighted by Crippen LogP contribution is -2.66. The number of carbonyl (C=O) groups is 13. The number of fused-ring (bicyclic) bond motifs is 1. The fourth-order valence-electron chi connectivity index (χ4n) is 11.0. The third-order valence-corrected chi connectivity index (χ3v) is 18.0. The first-order chi connectivity index (χ1) is 47.1. The molecule has 2 heterocycles. The fraction of sp³-hybridized carbons (Fsp3) is 0.652. The standard InChI is InChI=1S/C66H104ClN13O21/c1-16-31(4)25-32(5)17-22-44(84)66(12,98)65(97)71-28-46(86)74-49(37(10)81)59(91)76-48(35(8)68)58(90)75-47(33(6)34(7)55(69)87)57(89)77-50-53(30(2)3)101-64(96)43-26-40(67)23-24-80(43)63(95)51(54(100-15)39-18-20-41(83)21-19-39)78-61(93)52(38(11)82)79(13)62(94)36(9)72-45(85)27-70-56(88)42(29-99-14)73-60(50)92/h17-22,25,30-31,33-38,40,42-44,47-54,81-84,98H,16,23-24,26-29,68H2,1-15H3,(H2,69,87)(H,70,88)(H,71,97)(H,72,85)(H,73,92)(H,74,86)(H,75,90)(H,76,91)(H,77,89)(H,78,93)/b22-17-,32-25+/t31?,33-,34+,35+,36-,37+,38+,40-,42+,43-,44?,47-,48-,49?,50+,51+,52-,53+,54+,66?/m0/s1. The number of nitrogens with one attached hydrogen (secondary N) is 9. The van der Waals surface area contributed by atoms with Gasteiger partial charge >= 0.3 is 5.97 Å². The molecule has 2 saturated heterocycles. The number of amides is 12. The second kappa shape index (κ2) is 39.7. The van der Waals surface area contributed by atoms with Gasteiger partial charge < -0.3 is 109 Å². The van der Waals surface area contributed by atoms with Gasteiger partial charge in [0.15, 0.2) is 5.60 Å². The molecule has 0 aromatic heterocycles. The molecule has 12 amide bonds. The molecule has 101 heavy (non-hydrogen) atoms. The number of alkyl halides is 1. The van der Waals surface area contributed by atoms with Crippen LogP contribution in [0.3, 0.4) is 0 Å². The number of carbonyl (C=O) groups excluding carboxylic acids is 13.